The second-order valence-corrected chi connectivity index (χ2v) is 9.47. The first kappa shape index (κ1) is 27.7. The van der Waals surface area contributed by atoms with Crippen molar-refractivity contribution in [3.8, 4) is 11.5 Å². The van der Waals surface area contributed by atoms with Crippen molar-refractivity contribution in [3.63, 3.8) is 0 Å². The number of halogens is 2. The fraction of sp³-hybridized carbons (Fsp3) is 0.500. The zero-order valence-corrected chi connectivity index (χ0v) is 22.4. The largest absolute Gasteiger partial charge is 0.497 e. The lowest BCUT2D eigenvalue weighted by Gasteiger charge is -2.33. The zero-order chi connectivity index (χ0) is 27.2. The molecule has 2 N–H and O–H groups in total. The minimum atomic E-state index is -0.655. The highest BCUT2D eigenvalue weighted by Crippen LogP contribution is 2.36. The Hall–Kier alpha value is -3.31. The van der Waals surface area contributed by atoms with Crippen LogP contribution in [0, 0.1) is 5.82 Å². The van der Waals surface area contributed by atoms with Crippen LogP contribution in [0.25, 0.3) is 0 Å². The van der Waals surface area contributed by atoms with Crippen LogP contribution in [0.3, 0.4) is 0 Å². The second-order valence-electron chi connectivity index (χ2n) is 9.11. The predicted molar refractivity (Wildman–Crippen MR) is 138 cm³/mol. The number of nitrogens with zero attached hydrogens (tertiary/aromatic N) is 2. The fourth-order valence-electron chi connectivity index (χ4n) is 4.51. The van der Waals surface area contributed by atoms with Crippen LogP contribution >= 0.6 is 11.6 Å². The molecule has 0 unspecified atom stereocenters. The van der Waals surface area contributed by atoms with Gasteiger partial charge in [-0.15, -0.1) is 0 Å². The molecule has 0 spiro atoms. The summed E-state index contributed by atoms with van der Waals surface area (Å²) in [6.45, 7) is 3.18. The molecule has 2 amide bonds. The van der Waals surface area contributed by atoms with E-state index in [0.29, 0.717) is 31.1 Å². The molecule has 0 aliphatic carbocycles. The summed E-state index contributed by atoms with van der Waals surface area (Å²) in [5, 5.41) is 5.76. The van der Waals surface area contributed by atoms with Crippen LogP contribution < -0.4 is 20.1 Å². The molecule has 206 valence electrons. The predicted octanol–water partition coefficient (Wildman–Crippen LogP) is 4.14. The Morgan fingerprint density at radius 1 is 1.29 bits per heavy atom. The Kier molecular flexibility index (Phi) is 9.11. The van der Waals surface area contributed by atoms with Gasteiger partial charge in [-0.05, 0) is 25.0 Å². The lowest BCUT2D eigenvalue weighted by atomic mass is 10.0. The van der Waals surface area contributed by atoms with Gasteiger partial charge in [0, 0.05) is 30.3 Å². The van der Waals surface area contributed by atoms with Crippen molar-refractivity contribution in [2.75, 3.05) is 39.4 Å². The fourth-order valence-corrected chi connectivity index (χ4v) is 4.79. The number of hydrogen-bond acceptors (Lipinski definition) is 8. The van der Waals surface area contributed by atoms with Gasteiger partial charge in [-0.3, -0.25) is 4.79 Å². The molecule has 10 nitrogen and oxygen atoms in total. The third kappa shape index (κ3) is 6.05. The molecule has 1 saturated heterocycles. The number of hydrogen-bond donors (Lipinski definition) is 2. The number of rotatable bonds is 10. The maximum absolute atomic E-state index is 15.7. The first-order valence-electron chi connectivity index (χ1n) is 12.5. The van der Waals surface area contributed by atoms with Crippen LogP contribution in [-0.4, -0.2) is 68.0 Å². The molecule has 1 aromatic heterocycles. The summed E-state index contributed by atoms with van der Waals surface area (Å²) in [6, 6.07) is 4.43. The lowest BCUT2D eigenvalue weighted by Crippen LogP contribution is -2.53. The molecule has 3 heterocycles. The van der Waals surface area contributed by atoms with Crippen molar-refractivity contribution >= 4 is 29.4 Å². The number of carbonyl (C=O) groups is 2. The number of amides is 2. The number of fused-ring (bicyclic) bond motifs is 1. The van der Waals surface area contributed by atoms with Gasteiger partial charge in [0.05, 0.1) is 51.6 Å². The molecule has 0 saturated carbocycles. The van der Waals surface area contributed by atoms with E-state index in [9.17, 15) is 9.59 Å². The number of anilines is 1. The van der Waals surface area contributed by atoms with E-state index in [1.807, 2.05) is 6.92 Å². The van der Waals surface area contributed by atoms with Crippen LogP contribution in [0.5, 0.6) is 11.5 Å². The Balaban J connectivity index is 1.50. The van der Waals surface area contributed by atoms with E-state index in [2.05, 4.69) is 15.6 Å². The number of unbranched alkanes of at least 4 members (excludes halogenated alkanes) is 1. The van der Waals surface area contributed by atoms with Crippen molar-refractivity contribution in [2.45, 2.75) is 51.4 Å². The van der Waals surface area contributed by atoms with Crippen LogP contribution in [0.2, 0.25) is 5.15 Å². The van der Waals surface area contributed by atoms with Gasteiger partial charge in [-0.1, -0.05) is 24.9 Å². The number of nitrogens with one attached hydrogen (secondary N) is 2. The summed E-state index contributed by atoms with van der Waals surface area (Å²) in [5.41, 5.74) is 0.947. The van der Waals surface area contributed by atoms with Crippen molar-refractivity contribution in [2.24, 2.45) is 0 Å². The molecule has 2 aliphatic heterocycles. The first-order valence-corrected chi connectivity index (χ1v) is 12.9. The Labute approximate surface area is 225 Å². The Morgan fingerprint density at radius 2 is 2.11 bits per heavy atom. The maximum atomic E-state index is 15.7. The van der Waals surface area contributed by atoms with Gasteiger partial charge in [-0.25, -0.2) is 14.2 Å². The van der Waals surface area contributed by atoms with Crippen LogP contribution in [0.4, 0.5) is 15.0 Å². The van der Waals surface area contributed by atoms with E-state index in [0.717, 1.165) is 18.4 Å². The van der Waals surface area contributed by atoms with E-state index in [1.54, 1.807) is 25.3 Å². The summed E-state index contributed by atoms with van der Waals surface area (Å²) in [7, 11) is 3.08. The normalized spacial score (nSPS) is 18.7. The monoisotopic (exact) mass is 550 g/mol. The molecule has 2 aromatic rings. The van der Waals surface area contributed by atoms with Gasteiger partial charge >= 0.3 is 6.09 Å². The molecule has 1 fully saturated rings. The third-order valence-electron chi connectivity index (χ3n) is 6.61. The highest BCUT2D eigenvalue weighted by atomic mass is 35.5. The van der Waals surface area contributed by atoms with Gasteiger partial charge in [-0.2, -0.15) is 0 Å². The van der Waals surface area contributed by atoms with Crippen LogP contribution in [-0.2, 0) is 22.6 Å². The number of alkyl carbamates (subject to hydrolysis) is 1. The molecule has 0 bridgehead atoms. The number of methoxy groups -OCH3 is 2. The summed E-state index contributed by atoms with van der Waals surface area (Å²) >= 11 is 6.40. The quantitative estimate of drug-likeness (QED) is 0.335. The number of pyridine rings is 1. The topological polar surface area (TPSA) is 111 Å². The average Bonchev–Trinajstić information content (AvgIpc) is 3.25. The lowest BCUT2D eigenvalue weighted by molar-refractivity contribution is 0.0583. The van der Waals surface area contributed by atoms with Gasteiger partial charge in [0.1, 0.15) is 16.7 Å². The van der Waals surface area contributed by atoms with E-state index >= 15 is 4.39 Å². The number of aromatic nitrogens is 1. The van der Waals surface area contributed by atoms with E-state index in [4.69, 9.17) is 30.5 Å². The van der Waals surface area contributed by atoms with E-state index in [1.165, 1.54) is 12.0 Å². The van der Waals surface area contributed by atoms with Crippen LogP contribution in [0.15, 0.2) is 18.2 Å². The zero-order valence-electron chi connectivity index (χ0n) is 21.6. The van der Waals surface area contributed by atoms with Crippen molar-refractivity contribution in [3.05, 3.63) is 45.9 Å². The van der Waals surface area contributed by atoms with Gasteiger partial charge < -0.3 is 34.5 Å². The highest BCUT2D eigenvalue weighted by molar-refractivity contribution is 6.33. The molecule has 2 atom stereocenters. The van der Waals surface area contributed by atoms with Gasteiger partial charge in [0.2, 0.25) is 0 Å². The van der Waals surface area contributed by atoms with E-state index < -0.39 is 23.9 Å². The van der Waals surface area contributed by atoms with Crippen molar-refractivity contribution in [1.29, 1.82) is 0 Å². The number of carbonyl (C=O) groups excluding carboxylic acids is 2. The SMILES string of the molecule is CCCCOC(=O)N[C@H]1COCC[C@H]1Nc1nc(Cl)c2c(c1F)CN(Cc1ccc(OC)cc1OC)C2=O. The van der Waals surface area contributed by atoms with Crippen LogP contribution in [0.1, 0.15) is 47.7 Å². The molecule has 0 radical (unpaired) electrons. The summed E-state index contributed by atoms with van der Waals surface area (Å²) in [4.78, 5) is 31.0. The molecule has 38 heavy (non-hydrogen) atoms. The summed E-state index contributed by atoms with van der Waals surface area (Å²) in [6.07, 6.45) is 1.61. The van der Waals surface area contributed by atoms with E-state index in [-0.39, 0.29) is 47.8 Å². The molecule has 1 aromatic carbocycles. The highest BCUT2D eigenvalue weighted by Gasteiger charge is 2.36. The molecule has 12 heteroatoms. The summed E-state index contributed by atoms with van der Waals surface area (Å²) in [5.74, 6) is 0.0136. The Bertz CT molecular complexity index is 1180. The molecule has 2 aliphatic rings. The van der Waals surface area contributed by atoms with Crippen molar-refractivity contribution in [1.82, 2.24) is 15.2 Å². The number of benzene rings is 1. The standard InChI is InChI=1S/C26H32ClFN4O6/c1-4-5-9-38-26(34)30-19-14-37-10-8-18(19)29-24-22(28)17-13-32(25(33)21(17)23(27)31-24)12-15-6-7-16(35-2)11-20(15)36-3/h6-7,11,18-19H,4-5,8-10,12-14H2,1-3H3,(H,29,31)(H,30,34)/t18-,19+/m1/s1. The first-order chi connectivity index (χ1) is 18.4. The molecular formula is C26H32ClFN4O6. The molecule has 4 rings (SSSR count). The smallest absolute Gasteiger partial charge is 0.407 e. The van der Waals surface area contributed by atoms with Gasteiger partial charge in [0.15, 0.2) is 11.6 Å². The van der Waals surface area contributed by atoms with Crippen molar-refractivity contribution < 1.29 is 32.9 Å². The molecular weight excluding hydrogens is 519 g/mol. The average molecular weight is 551 g/mol. The Morgan fingerprint density at radius 3 is 2.84 bits per heavy atom. The third-order valence-corrected chi connectivity index (χ3v) is 6.88. The summed E-state index contributed by atoms with van der Waals surface area (Å²) < 4.78 is 37.0. The minimum Gasteiger partial charge on any atom is -0.497 e. The maximum Gasteiger partial charge on any atom is 0.407 e. The van der Waals surface area contributed by atoms with Gasteiger partial charge in [0.25, 0.3) is 5.91 Å². The minimum absolute atomic E-state index is 0.0192. The second kappa shape index (κ2) is 12.5. The number of ether oxygens (including phenoxy) is 4.